The third kappa shape index (κ3) is 4.35. The minimum absolute atomic E-state index is 0.0111. The van der Waals surface area contributed by atoms with E-state index >= 15 is 0 Å². The van der Waals surface area contributed by atoms with Crippen LogP contribution in [0.1, 0.15) is 18.4 Å². The van der Waals surface area contributed by atoms with Gasteiger partial charge in [0, 0.05) is 30.7 Å². The van der Waals surface area contributed by atoms with Gasteiger partial charge in [0.25, 0.3) is 0 Å². The first-order valence-corrected chi connectivity index (χ1v) is 11.1. The number of amides is 1. The number of hydrogen-bond acceptors (Lipinski definition) is 5. The zero-order chi connectivity index (χ0) is 21.9. The normalized spacial score (nSPS) is 16.2. The molecule has 1 unspecified atom stereocenters. The van der Waals surface area contributed by atoms with Crippen molar-refractivity contribution in [2.45, 2.75) is 19.4 Å². The Balaban J connectivity index is 1.43. The summed E-state index contributed by atoms with van der Waals surface area (Å²) in [5.74, 6) is 0.453. The Hall–Kier alpha value is -3.29. The van der Waals surface area contributed by atoms with Gasteiger partial charge in [0.1, 0.15) is 5.82 Å². The molecule has 1 amide bonds. The molecule has 1 aliphatic rings. The third-order valence-electron chi connectivity index (χ3n) is 5.78. The standard InChI is InChI=1S/C24H23ClN6O/c25-20-13-28-23(30-24(32)18-4-2-8-27-12-18)10-19(20)17-5-6-21-22(9-17)31(15-29-21)14-16-3-1-7-26-11-16/h1,3,5-7,9-11,13,15,18,27H,2,4,8,12,14H2,(H,28,30,32). The average Bonchev–Trinajstić information content (AvgIpc) is 3.23. The molecule has 1 atom stereocenters. The summed E-state index contributed by atoms with van der Waals surface area (Å²) in [7, 11) is 0. The van der Waals surface area contributed by atoms with Crippen LogP contribution in [0.4, 0.5) is 5.82 Å². The molecule has 32 heavy (non-hydrogen) atoms. The van der Waals surface area contributed by atoms with Crippen LogP contribution < -0.4 is 10.6 Å². The molecule has 162 valence electrons. The second-order valence-corrected chi connectivity index (χ2v) is 8.43. The second kappa shape index (κ2) is 9.06. The Morgan fingerprint density at radius 3 is 2.97 bits per heavy atom. The predicted molar refractivity (Wildman–Crippen MR) is 126 cm³/mol. The smallest absolute Gasteiger partial charge is 0.229 e. The number of pyridine rings is 2. The maximum Gasteiger partial charge on any atom is 0.229 e. The molecule has 4 heterocycles. The van der Waals surface area contributed by atoms with E-state index in [9.17, 15) is 4.79 Å². The molecule has 0 aliphatic carbocycles. The van der Waals surface area contributed by atoms with E-state index in [-0.39, 0.29) is 11.8 Å². The van der Waals surface area contributed by atoms with Crippen LogP contribution >= 0.6 is 11.6 Å². The summed E-state index contributed by atoms with van der Waals surface area (Å²) < 4.78 is 2.09. The molecule has 0 bridgehead atoms. The fourth-order valence-corrected chi connectivity index (χ4v) is 4.28. The van der Waals surface area contributed by atoms with E-state index in [1.165, 1.54) is 0 Å². The number of carbonyl (C=O) groups excluding carboxylic acids is 1. The van der Waals surface area contributed by atoms with Gasteiger partial charge in [-0.15, -0.1) is 0 Å². The Morgan fingerprint density at radius 1 is 1.22 bits per heavy atom. The number of aromatic nitrogens is 4. The summed E-state index contributed by atoms with van der Waals surface area (Å²) >= 11 is 6.49. The number of halogens is 1. The van der Waals surface area contributed by atoms with Gasteiger partial charge in [-0.1, -0.05) is 23.7 Å². The monoisotopic (exact) mass is 446 g/mol. The molecule has 7 nitrogen and oxygen atoms in total. The van der Waals surface area contributed by atoms with Crippen LogP contribution in [0.2, 0.25) is 5.02 Å². The number of anilines is 1. The number of piperidine rings is 1. The molecular weight excluding hydrogens is 424 g/mol. The van der Waals surface area contributed by atoms with Gasteiger partial charge in [-0.05, 0) is 54.8 Å². The summed E-state index contributed by atoms with van der Waals surface area (Å²) in [5, 5.41) is 6.75. The SMILES string of the molecule is O=C(Nc1cc(-c2ccc3ncn(Cc4cccnc4)c3c2)c(Cl)cn1)C1CCCNC1. The molecule has 8 heteroatoms. The van der Waals surface area contributed by atoms with Crippen molar-refractivity contribution in [2.24, 2.45) is 5.92 Å². The van der Waals surface area contributed by atoms with Crippen molar-refractivity contribution < 1.29 is 4.79 Å². The quantitative estimate of drug-likeness (QED) is 0.481. The number of rotatable bonds is 5. The van der Waals surface area contributed by atoms with Crippen molar-refractivity contribution in [2.75, 3.05) is 18.4 Å². The first kappa shape index (κ1) is 20.6. The number of benzene rings is 1. The van der Waals surface area contributed by atoms with E-state index < -0.39 is 0 Å². The van der Waals surface area contributed by atoms with Gasteiger partial charge in [-0.3, -0.25) is 9.78 Å². The second-order valence-electron chi connectivity index (χ2n) is 8.02. The lowest BCUT2D eigenvalue weighted by molar-refractivity contribution is -0.120. The van der Waals surface area contributed by atoms with Crippen LogP contribution in [0.5, 0.6) is 0 Å². The molecule has 5 rings (SSSR count). The van der Waals surface area contributed by atoms with Crippen LogP contribution in [-0.2, 0) is 11.3 Å². The summed E-state index contributed by atoms with van der Waals surface area (Å²) in [6.07, 6.45) is 8.93. The molecule has 0 spiro atoms. The molecule has 1 aliphatic heterocycles. The van der Waals surface area contributed by atoms with Gasteiger partial charge >= 0.3 is 0 Å². The maximum atomic E-state index is 12.6. The highest BCUT2D eigenvalue weighted by molar-refractivity contribution is 6.33. The minimum atomic E-state index is -0.0390. The van der Waals surface area contributed by atoms with Gasteiger partial charge in [0.05, 0.1) is 34.8 Å². The zero-order valence-electron chi connectivity index (χ0n) is 17.5. The summed E-state index contributed by atoms with van der Waals surface area (Å²) in [5.41, 5.74) is 4.75. The fourth-order valence-electron chi connectivity index (χ4n) is 4.07. The number of fused-ring (bicyclic) bond motifs is 1. The number of carbonyl (C=O) groups is 1. The zero-order valence-corrected chi connectivity index (χ0v) is 18.2. The number of nitrogens with one attached hydrogen (secondary N) is 2. The van der Waals surface area contributed by atoms with E-state index in [2.05, 4.69) is 36.2 Å². The highest BCUT2D eigenvalue weighted by Gasteiger charge is 2.21. The van der Waals surface area contributed by atoms with Crippen LogP contribution in [0.15, 0.2) is 61.3 Å². The van der Waals surface area contributed by atoms with Crippen molar-refractivity contribution in [3.63, 3.8) is 0 Å². The highest BCUT2D eigenvalue weighted by Crippen LogP contribution is 2.31. The number of nitrogens with zero attached hydrogens (tertiary/aromatic N) is 4. The molecule has 2 N–H and O–H groups in total. The van der Waals surface area contributed by atoms with Crippen LogP contribution in [0.25, 0.3) is 22.2 Å². The summed E-state index contributed by atoms with van der Waals surface area (Å²) in [6, 6.07) is 11.8. The fraction of sp³-hybridized carbons (Fsp3) is 0.250. The van der Waals surface area contributed by atoms with Gasteiger partial charge in [-0.2, -0.15) is 0 Å². The van der Waals surface area contributed by atoms with Gasteiger partial charge in [0.2, 0.25) is 5.91 Å². The first-order chi connectivity index (χ1) is 15.7. The van der Waals surface area contributed by atoms with Crippen LogP contribution in [-0.4, -0.2) is 38.5 Å². The lowest BCUT2D eigenvalue weighted by atomic mass is 9.99. The Morgan fingerprint density at radius 2 is 2.16 bits per heavy atom. The van der Waals surface area contributed by atoms with E-state index in [0.717, 1.165) is 47.1 Å². The van der Waals surface area contributed by atoms with Crippen LogP contribution in [0, 0.1) is 5.92 Å². The van der Waals surface area contributed by atoms with Crippen molar-refractivity contribution in [3.05, 3.63) is 71.9 Å². The Kier molecular flexibility index (Phi) is 5.83. The molecular formula is C24H23ClN6O. The topological polar surface area (TPSA) is 84.7 Å². The van der Waals surface area contributed by atoms with E-state index in [1.807, 2.05) is 42.9 Å². The molecule has 1 fully saturated rings. The molecule has 4 aromatic rings. The van der Waals surface area contributed by atoms with Crippen molar-refractivity contribution in [1.29, 1.82) is 0 Å². The number of imidazole rings is 1. The predicted octanol–water partition coefficient (Wildman–Crippen LogP) is 4.13. The first-order valence-electron chi connectivity index (χ1n) is 10.7. The lowest BCUT2D eigenvalue weighted by Gasteiger charge is -2.21. The molecule has 1 saturated heterocycles. The molecule has 3 aromatic heterocycles. The average molecular weight is 447 g/mol. The third-order valence-corrected chi connectivity index (χ3v) is 6.08. The van der Waals surface area contributed by atoms with Crippen molar-refractivity contribution in [3.8, 4) is 11.1 Å². The Bertz CT molecular complexity index is 1250. The van der Waals surface area contributed by atoms with Gasteiger partial charge in [-0.25, -0.2) is 9.97 Å². The van der Waals surface area contributed by atoms with Gasteiger partial charge < -0.3 is 15.2 Å². The highest BCUT2D eigenvalue weighted by atomic mass is 35.5. The molecule has 1 aromatic carbocycles. The van der Waals surface area contributed by atoms with Crippen molar-refractivity contribution >= 4 is 34.4 Å². The van der Waals surface area contributed by atoms with E-state index in [1.54, 1.807) is 12.4 Å². The minimum Gasteiger partial charge on any atom is -0.326 e. The van der Waals surface area contributed by atoms with Crippen LogP contribution in [0.3, 0.4) is 0 Å². The largest absolute Gasteiger partial charge is 0.326 e. The Labute approximate surface area is 190 Å². The van der Waals surface area contributed by atoms with Gasteiger partial charge in [0.15, 0.2) is 0 Å². The summed E-state index contributed by atoms with van der Waals surface area (Å²) in [4.78, 5) is 25.6. The van der Waals surface area contributed by atoms with E-state index in [4.69, 9.17) is 11.6 Å². The molecule has 0 radical (unpaired) electrons. The summed E-state index contributed by atoms with van der Waals surface area (Å²) in [6.45, 7) is 2.34. The van der Waals surface area contributed by atoms with Crippen molar-refractivity contribution in [1.82, 2.24) is 24.8 Å². The maximum absolute atomic E-state index is 12.6. The number of hydrogen-bond donors (Lipinski definition) is 2. The lowest BCUT2D eigenvalue weighted by Crippen LogP contribution is -2.37. The van der Waals surface area contributed by atoms with E-state index in [0.29, 0.717) is 23.9 Å². The molecule has 0 saturated carbocycles.